The lowest BCUT2D eigenvalue weighted by molar-refractivity contribution is -0.0963. The average molecular weight is 271 g/mol. The lowest BCUT2D eigenvalue weighted by atomic mass is 9.83. The van der Waals surface area contributed by atoms with Crippen LogP contribution in [0.5, 0.6) is 0 Å². The van der Waals surface area contributed by atoms with E-state index in [4.69, 9.17) is 4.74 Å². The van der Waals surface area contributed by atoms with E-state index < -0.39 is 5.72 Å². The van der Waals surface area contributed by atoms with E-state index in [1.165, 1.54) is 34.4 Å². The van der Waals surface area contributed by atoms with E-state index in [9.17, 15) is 5.11 Å². The third kappa shape index (κ3) is 1.93. The largest absolute Gasteiger partial charge is 0.379 e. The number of aryl methyl sites for hydroxylation is 1. The van der Waals surface area contributed by atoms with Gasteiger partial charge >= 0.3 is 0 Å². The van der Waals surface area contributed by atoms with E-state index in [-0.39, 0.29) is 0 Å². The van der Waals surface area contributed by atoms with E-state index >= 15 is 0 Å². The summed E-state index contributed by atoms with van der Waals surface area (Å²) in [6.07, 6.45) is 6.36. The van der Waals surface area contributed by atoms with Crippen molar-refractivity contribution in [3.05, 3.63) is 34.2 Å². The van der Waals surface area contributed by atoms with Crippen molar-refractivity contribution in [3.63, 3.8) is 0 Å². The van der Waals surface area contributed by atoms with Crippen LogP contribution in [0.1, 0.15) is 24.8 Å². The lowest BCUT2D eigenvalue weighted by Crippen LogP contribution is -2.56. The third-order valence-corrected chi connectivity index (χ3v) is 4.88. The Kier molecular flexibility index (Phi) is 2.95. The number of ether oxygens (including phenoxy) is 1. The maximum Gasteiger partial charge on any atom is 0.142 e. The van der Waals surface area contributed by atoms with Crippen LogP contribution >= 0.6 is 0 Å². The van der Waals surface area contributed by atoms with Crippen LogP contribution in [0.25, 0.3) is 11.6 Å². The van der Waals surface area contributed by atoms with Gasteiger partial charge in [-0.1, -0.05) is 23.8 Å². The van der Waals surface area contributed by atoms with Gasteiger partial charge in [0.1, 0.15) is 5.72 Å². The molecule has 2 aliphatic carbocycles. The number of morpholine rings is 1. The van der Waals surface area contributed by atoms with Gasteiger partial charge in [-0.25, -0.2) is 0 Å². The quantitative estimate of drug-likeness (QED) is 0.801. The van der Waals surface area contributed by atoms with Gasteiger partial charge in [-0.15, -0.1) is 0 Å². The van der Waals surface area contributed by atoms with Gasteiger partial charge < -0.3 is 9.84 Å². The Morgan fingerprint density at radius 2 is 2.00 bits per heavy atom. The highest BCUT2D eigenvalue weighted by Crippen LogP contribution is 2.30. The van der Waals surface area contributed by atoms with Gasteiger partial charge in [0.2, 0.25) is 0 Å². The average Bonchev–Trinajstić information content (AvgIpc) is 2.48. The number of nitrogens with zero attached hydrogens (tertiary/aromatic N) is 1. The van der Waals surface area contributed by atoms with Gasteiger partial charge in [0.05, 0.1) is 13.2 Å². The smallest absolute Gasteiger partial charge is 0.142 e. The summed E-state index contributed by atoms with van der Waals surface area (Å²) in [5, 5.41) is 13.8. The fraction of sp³-hybridized carbons (Fsp3) is 0.529. The Bertz CT molecular complexity index is 645. The molecule has 1 heterocycles. The Labute approximate surface area is 119 Å². The molecule has 4 rings (SSSR count). The molecule has 0 bridgehead atoms. The molecule has 1 aromatic rings. The summed E-state index contributed by atoms with van der Waals surface area (Å²) in [5.74, 6) is 0. The van der Waals surface area contributed by atoms with Crippen molar-refractivity contribution in [2.75, 3.05) is 26.3 Å². The summed E-state index contributed by atoms with van der Waals surface area (Å²) < 4.78 is 5.41. The molecule has 0 spiro atoms. The van der Waals surface area contributed by atoms with Crippen LogP contribution in [0.15, 0.2) is 18.2 Å². The molecule has 1 saturated heterocycles. The molecule has 106 valence electrons. The molecule has 20 heavy (non-hydrogen) atoms. The Morgan fingerprint density at radius 3 is 2.85 bits per heavy atom. The zero-order valence-electron chi connectivity index (χ0n) is 11.8. The maximum absolute atomic E-state index is 11.2. The van der Waals surface area contributed by atoms with Crippen LogP contribution in [0.4, 0.5) is 0 Å². The van der Waals surface area contributed by atoms with E-state index in [2.05, 4.69) is 29.2 Å². The minimum atomic E-state index is -0.817. The Balaban J connectivity index is 1.84. The molecule has 3 heteroatoms. The summed E-state index contributed by atoms with van der Waals surface area (Å²) in [4.78, 5) is 2.17. The van der Waals surface area contributed by atoms with Crippen molar-refractivity contribution < 1.29 is 9.84 Å². The molecular weight excluding hydrogens is 250 g/mol. The highest BCUT2D eigenvalue weighted by atomic mass is 16.5. The standard InChI is InChI=1S/C17H21NO2/c19-17(18-7-9-20-10-8-18)11-14-5-1-3-13-4-2-6-15(12-17)16(13)14/h1,3,5,11,19H,2,4,6-10,12H2. The highest BCUT2D eigenvalue weighted by Gasteiger charge is 2.36. The maximum atomic E-state index is 11.2. The highest BCUT2D eigenvalue weighted by molar-refractivity contribution is 5.59. The minimum Gasteiger partial charge on any atom is -0.379 e. The normalized spacial score (nSPS) is 29.8. The molecule has 1 aliphatic heterocycles. The van der Waals surface area contributed by atoms with Crippen LogP contribution in [0.2, 0.25) is 0 Å². The number of rotatable bonds is 1. The zero-order chi connectivity index (χ0) is 13.6. The summed E-state index contributed by atoms with van der Waals surface area (Å²) in [6.45, 7) is 3.07. The Hall–Kier alpha value is -1.16. The molecule has 3 aliphatic rings. The van der Waals surface area contributed by atoms with Gasteiger partial charge in [-0.3, -0.25) is 4.90 Å². The topological polar surface area (TPSA) is 32.7 Å². The number of benzene rings is 1. The molecule has 0 amide bonds. The van der Waals surface area contributed by atoms with Crippen molar-refractivity contribution in [2.24, 2.45) is 0 Å². The van der Waals surface area contributed by atoms with E-state index in [0.717, 1.165) is 39.1 Å². The van der Waals surface area contributed by atoms with E-state index in [0.29, 0.717) is 0 Å². The summed E-state index contributed by atoms with van der Waals surface area (Å²) in [7, 11) is 0. The van der Waals surface area contributed by atoms with Crippen molar-refractivity contribution >= 4 is 11.6 Å². The van der Waals surface area contributed by atoms with Crippen molar-refractivity contribution in [1.29, 1.82) is 0 Å². The SMILES string of the molecule is OC1(N2CCOCC2)C=c2cccc3c2=C(CCC3)C1. The molecule has 1 N–H and O–H groups in total. The minimum absolute atomic E-state index is 0.721. The van der Waals surface area contributed by atoms with Crippen LogP contribution in [0.3, 0.4) is 0 Å². The predicted octanol–water partition coefficient (Wildman–Crippen LogP) is 0.379. The van der Waals surface area contributed by atoms with E-state index in [1.54, 1.807) is 0 Å². The van der Waals surface area contributed by atoms with Gasteiger partial charge in [0.15, 0.2) is 0 Å². The second-order valence-corrected chi connectivity index (χ2v) is 6.14. The lowest BCUT2D eigenvalue weighted by Gasteiger charge is -2.42. The number of hydrogen-bond acceptors (Lipinski definition) is 3. The molecule has 1 fully saturated rings. The van der Waals surface area contributed by atoms with Gasteiger partial charge in [0, 0.05) is 19.5 Å². The molecule has 1 unspecified atom stereocenters. The summed E-state index contributed by atoms with van der Waals surface area (Å²) in [6, 6.07) is 6.51. The van der Waals surface area contributed by atoms with E-state index in [1.807, 2.05) is 0 Å². The molecule has 0 radical (unpaired) electrons. The van der Waals surface area contributed by atoms with Crippen molar-refractivity contribution in [1.82, 2.24) is 4.90 Å². The first kappa shape index (κ1) is 12.6. The second kappa shape index (κ2) is 4.69. The molecule has 1 aromatic carbocycles. The van der Waals surface area contributed by atoms with Crippen molar-refractivity contribution in [2.45, 2.75) is 31.4 Å². The first-order valence-corrected chi connectivity index (χ1v) is 7.64. The van der Waals surface area contributed by atoms with Crippen LogP contribution in [0, 0.1) is 0 Å². The van der Waals surface area contributed by atoms with Gasteiger partial charge in [-0.2, -0.15) is 0 Å². The van der Waals surface area contributed by atoms with Gasteiger partial charge in [-0.05, 0) is 41.3 Å². The van der Waals surface area contributed by atoms with Crippen molar-refractivity contribution in [3.8, 4) is 0 Å². The van der Waals surface area contributed by atoms with Gasteiger partial charge in [0.25, 0.3) is 0 Å². The summed E-state index contributed by atoms with van der Waals surface area (Å²) in [5.41, 5.74) is 2.09. The van der Waals surface area contributed by atoms with Crippen LogP contribution in [-0.2, 0) is 11.2 Å². The fourth-order valence-corrected chi connectivity index (χ4v) is 3.94. The molecule has 3 nitrogen and oxygen atoms in total. The monoisotopic (exact) mass is 271 g/mol. The first-order valence-electron chi connectivity index (χ1n) is 7.64. The third-order valence-electron chi connectivity index (χ3n) is 4.88. The molecule has 0 aromatic heterocycles. The van der Waals surface area contributed by atoms with Crippen LogP contribution < -0.4 is 10.4 Å². The first-order chi connectivity index (χ1) is 9.76. The fourth-order valence-electron chi connectivity index (χ4n) is 3.94. The summed E-state index contributed by atoms with van der Waals surface area (Å²) >= 11 is 0. The second-order valence-electron chi connectivity index (χ2n) is 6.14. The molecule has 1 atom stereocenters. The number of aliphatic hydroxyl groups is 1. The molecule has 0 saturated carbocycles. The van der Waals surface area contributed by atoms with Crippen LogP contribution in [-0.4, -0.2) is 42.0 Å². The zero-order valence-corrected chi connectivity index (χ0v) is 11.8. The predicted molar refractivity (Wildman–Crippen MR) is 78.5 cm³/mol. The Morgan fingerprint density at radius 1 is 1.15 bits per heavy atom. The molecular formula is C17H21NO2. The number of hydrogen-bond donors (Lipinski definition) is 1.